The fourth-order valence-corrected chi connectivity index (χ4v) is 3.25. The van der Waals surface area contributed by atoms with Gasteiger partial charge >= 0.3 is 0 Å². The predicted molar refractivity (Wildman–Crippen MR) is 53.0 cm³/mol. The first-order valence-electron chi connectivity index (χ1n) is 5.61. The molecule has 2 rings (SSSR count). The third-order valence-corrected chi connectivity index (χ3v) is 4.09. The van der Waals surface area contributed by atoms with E-state index in [4.69, 9.17) is 5.26 Å². The molecule has 2 nitrogen and oxygen atoms in total. The summed E-state index contributed by atoms with van der Waals surface area (Å²) in [5.41, 5.74) is -0.128. The van der Waals surface area contributed by atoms with Gasteiger partial charge in [-0.25, -0.2) is 0 Å². The van der Waals surface area contributed by atoms with Gasteiger partial charge in [-0.2, -0.15) is 10.5 Å². The van der Waals surface area contributed by atoms with E-state index in [9.17, 15) is 5.26 Å². The van der Waals surface area contributed by atoms with Crippen LogP contribution in [0, 0.1) is 39.9 Å². The predicted octanol–water partition coefficient (Wildman–Crippen LogP) is 3.01. The zero-order valence-corrected chi connectivity index (χ0v) is 8.50. The van der Waals surface area contributed by atoms with E-state index in [-0.39, 0.29) is 11.3 Å². The van der Waals surface area contributed by atoms with E-state index in [1.165, 1.54) is 19.3 Å². The minimum absolute atomic E-state index is 0.128. The molecule has 0 aromatic rings. The Morgan fingerprint density at radius 2 is 1.93 bits per heavy atom. The average Bonchev–Trinajstić information content (AvgIpc) is 2.28. The molecule has 0 amide bonds. The van der Waals surface area contributed by atoms with Crippen molar-refractivity contribution in [2.45, 2.75) is 44.9 Å². The minimum atomic E-state index is -0.128. The van der Waals surface area contributed by atoms with Crippen molar-refractivity contribution in [2.75, 3.05) is 0 Å². The summed E-state index contributed by atoms with van der Waals surface area (Å²) in [6.07, 6.45) is 7.67. The molecule has 74 valence electrons. The van der Waals surface area contributed by atoms with Crippen LogP contribution in [-0.4, -0.2) is 0 Å². The van der Waals surface area contributed by atoms with Gasteiger partial charge in [-0.1, -0.05) is 12.8 Å². The maximum Gasteiger partial charge on any atom is 0.0693 e. The normalized spacial score (nSPS) is 41.9. The van der Waals surface area contributed by atoms with Crippen LogP contribution in [0.1, 0.15) is 44.9 Å². The van der Waals surface area contributed by atoms with Crippen LogP contribution in [0.25, 0.3) is 0 Å². The highest BCUT2D eigenvalue weighted by molar-refractivity contribution is 5.10. The first kappa shape index (κ1) is 9.53. The lowest BCUT2D eigenvalue weighted by atomic mass is 9.58. The van der Waals surface area contributed by atoms with Crippen LogP contribution in [0.5, 0.6) is 0 Å². The zero-order chi connectivity index (χ0) is 10.0. The third-order valence-electron chi connectivity index (χ3n) is 4.09. The maximum absolute atomic E-state index is 9.33. The topological polar surface area (TPSA) is 47.6 Å². The second-order valence-corrected chi connectivity index (χ2v) is 4.82. The lowest BCUT2D eigenvalue weighted by Gasteiger charge is -2.43. The van der Waals surface area contributed by atoms with Crippen molar-refractivity contribution < 1.29 is 0 Å². The van der Waals surface area contributed by atoms with E-state index in [2.05, 4.69) is 12.1 Å². The molecule has 2 heteroatoms. The van der Waals surface area contributed by atoms with E-state index in [0.717, 1.165) is 25.7 Å². The van der Waals surface area contributed by atoms with Crippen LogP contribution in [0.2, 0.25) is 0 Å². The SMILES string of the molecule is N#C[C@H]1CC[C@@H]2CCCC[C@@]2(C#N)C1. The second kappa shape index (κ2) is 3.62. The molecule has 0 unspecified atom stereocenters. The van der Waals surface area contributed by atoms with Crippen molar-refractivity contribution in [1.29, 1.82) is 10.5 Å². The molecular weight excluding hydrogens is 172 g/mol. The Balaban J connectivity index is 2.19. The lowest BCUT2D eigenvalue weighted by molar-refractivity contribution is 0.0832. The second-order valence-electron chi connectivity index (χ2n) is 4.82. The third kappa shape index (κ3) is 1.40. The summed E-state index contributed by atoms with van der Waals surface area (Å²) < 4.78 is 0. The number of fused-ring (bicyclic) bond motifs is 1. The summed E-state index contributed by atoms with van der Waals surface area (Å²) in [5, 5.41) is 18.3. The summed E-state index contributed by atoms with van der Waals surface area (Å²) in [6, 6.07) is 4.88. The fraction of sp³-hybridized carbons (Fsp3) is 0.833. The fourth-order valence-electron chi connectivity index (χ4n) is 3.25. The van der Waals surface area contributed by atoms with E-state index >= 15 is 0 Å². The lowest BCUT2D eigenvalue weighted by Crippen LogP contribution is -2.38. The molecule has 0 bridgehead atoms. The molecule has 0 saturated heterocycles. The van der Waals surface area contributed by atoms with Crippen molar-refractivity contribution in [1.82, 2.24) is 0 Å². The Kier molecular flexibility index (Phi) is 2.46. The maximum atomic E-state index is 9.33. The van der Waals surface area contributed by atoms with Gasteiger partial charge in [0.15, 0.2) is 0 Å². The first-order valence-corrected chi connectivity index (χ1v) is 5.61. The van der Waals surface area contributed by atoms with Gasteiger partial charge in [0.1, 0.15) is 0 Å². The van der Waals surface area contributed by atoms with Gasteiger partial charge in [-0.15, -0.1) is 0 Å². The highest BCUT2D eigenvalue weighted by Crippen LogP contribution is 2.51. The van der Waals surface area contributed by atoms with Gasteiger partial charge in [-0.3, -0.25) is 0 Å². The molecule has 14 heavy (non-hydrogen) atoms. The van der Waals surface area contributed by atoms with Crippen LogP contribution < -0.4 is 0 Å². The van der Waals surface area contributed by atoms with Gasteiger partial charge in [0.05, 0.1) is 17.6 Å². The van der Waals surface area contributed by atoms with Gasteiger partial charge in [-0.05, 0) is 38.0 Å². The highest BCUT2D eigenvalue weighted by atomic mass is 14.5. The Bertz CT molecular complexity index is 296. The molecule has 0 aromatic carbocycles. The van der Waals surface area contributed by atoms with E-state index in [0.29, 0.717) is 5.92 Å². The summed E-state index contributed by atoms with van der Waals surface area (Å²) >= 11 is 0. The van der Waals surface area contributed by atoms with Crippen LogP contribution in [0.4, 0.5) is 0 Å². The van der Waals surface area contributed by atoms with Crippen molar-refractivity contribution in [2.24, 2.45) is 17.3 Å². The smallest absolute Gasteiger partial charge is 0.0693 e. The van der Waals surface area contributed by atoms with Gasteiger partial charge < -0.3 is 0 Å². The highest BCUT2D eigenvalue weighted by Gasteiger charge is 2.45. The van der Waals surface area contributed by atoms with Gasteiger partial charge in [0, 0.05) is 5.92 Å². The van der Waals surface area contributed by atoms with Crippen LogP contribution in [0.3, 0.4) is 0 Å². The van der Waals surface area contributed by atoms with Gasteiger partial charge in [0.25, 0.3) is 0 Å². The molecule has 2 fully saturated rings. The summed E-state index contributed by atoms with van der Waals surface area (Å²) in [5.74, 6) is 0.731. The van der Waals surface area contributed by atoms with Crippen LogP contribution in [0.15, 0.2) is 0 Å². The van der Waals surface area contributed by atoms with Gasteiger partial charge in [0.2, 0.25) is 0 Å². The average molecular weight is 188 g/mol. The molecule has 0 heterocycles. The zero-order valence-electron chi connectivity index (χ0n) is 8.50. The first-order chi connectivity index (χ1) is 6.80. The number of nitrogens with zero attached hydrogens (tertiary/aromatic N) is 2. The van der Waals surface area contributed by atoms with E-state index in [1.807, 2.05) is 0 Å². The van der Waals surface area contributed by atoms with E-state index in [1.54, 1.807) is 0 Å². The Morgan fingerprint density at radius 1 is 1.07 bits per heavy atom. The van der Waals surface area contributed by atoms with Crippen molar-refractivity contribution in [3.8, 4) is 12.1 Å². The monoisotopic (exact) mass is 188 g/mol. The molecule has 2 aliphatic carbocycles. The Hall–Kier alpha value is -1.02. The number of nitriles is 2. The number of rotatable bonds is 0. The summed E-state index contributed by atoms with van der Waals surface area (Å²) in [6.45, 7) is 0. The molecule has 2 saturated carbocycles. The molecule has 3 atom stereocenters. The quantitative estimate of drug-likeness (QED) is 0.586. The molecular formula is C12H16N2. The molecule has 0 aliphatic heterocycles. The van der Waals surface area contributed by atoms with Crippen LogP contribution >= 0.6 is 0 Å². The number of hydrogen-bond acceptors (Lipinski definition) is 2. The summed E-state index contributed by atoms with van der Waals surface area (Å²) in [7, 11) is 0. The molecule has 0 spiro atoms. The Labute approximate surface area is 85.5 Å². The van der Waals surface area contributed by atoms with Crippen LogP contribution in [-0.2, 0) is 0 Å². The Morgan fingerprint density at radius 3 is 2.64 bits per heavy atom. The molecule has 0 N–H and O–H groups in total. The molecule has 0 radical (unpaired) electrons. The molecule has 0 aromatic heterocycles. The molecule has 2 aliphatic rings. The van der Waals surface area contributed by atoms with Crippen molar-refractivity contribution in [3.63, 3.8) is 0 Å². The van der Waals surface area contributed by atoms with Crippen molar-refractivity contribution in [3.05, 3.63) is 0 Å². The largest absolute Gasteiger partial charge is 0.198 e. The standard InChI is InChI=1S/C12H16N2/c13-8-10-4-5-11-3-1-2-6-12(11,7-10)9-14/h10-11H,1-7H2/t10-,11-,12-/m0/s1. The van der Waals surface area contributed by atoms with Crippen molar-refractivity contribution >= 4 is 0 Å². The minimum Gasteiger partial charge on any atom is -0.198 e. The number of hydrogen-bond donors (Lipinski definition) is 0. The summed E-state index contributed by atoms with van der Waals surface area (Å²) in [4.78, 5) is 0. The van der Waals surface area contributed by atoms with E-state index < -0.39 is 0 Å².